The maximum Gasteiger partial charge on any atom is 0.303 e. The molecule has 0 atom stereocenters. The molecular weight excluding hydrogens is 232 g/mol. The molecule has 0 aliphatic carbocycles. The fourth-order valence-electron chi connectivity index (χ4n) is 1.42. The highest BCUT2D eigenvalue weighted by molar-refractivity contribution is 5.80. The van der Waals surface area contributed by atoms with Crippen LogP contribution < -0.4 is 10.2 Å². The van der Waals surface area contributed by atoms with Crippen LogP contribution in [0.3, 0.4) is 0 Å². The van der Waals surface area contributed by atoms with Crippen molar-refractivity contribution in [3.05, 3.63) is 29.8 Å². The van der Waals surface area contributed by atoms with Crippen molar-refractivity contribution in [2.75, 3.05) is 19.0 Å². The highest BCUT2D eigenvalue weighted by Gasteiger charge is 2.05. The summed E-state index contributed by atoms with van der Waals surface area (Å²) in [5.41, 5.74) is 2.08. The normalized spacial score (nSPS) is 9.89. The van der Waals surface area contributed by atoms with Crippen molar-refractivity contribution < 1.29 is 14.7 Å². The molecule has 1 aromatic rings. The van der Waals surface area contributed by atoms with Crippen LogP contribution in [-0.2, 0) is 16.1 Å². The summed E-state index contributed by atoms with van der Waals surface area (Å²) in [5.74, 6) is -1.20. The number of hydrogen-bond acceptors (Lipinski definition) is 3. The molecule has 0 radical (unpaired) electrons. The lowest BCUT2D eigenvalue weighted by molar-refractivity contribution is -0.138. The summed E-state index contributed by atoms with van der Waals surface area (Å²) in [7, 11) is 3.92. The summed E-state index contributed by atoms with van der Waals surface area (Å²) in [6, 6.07) is 7.82. The Morgan fingerprint density at radius 3 is 2.28 bits per heavy atom. The molecule has 5 heteroatoms. The molecule has 0 bridgehead atoms. The Balaban J connectivity index is 2.39. The summed E-state index contributed by atoms with van der Waals surface area (Å²) >= 11 is 0. The first-order valence-corrected chi connectivity index (χ1v) is 5.74. The van der Waals surface area contributed by atoms with Crippen LogP contribution in [0.4, 0.5) is 5.69 Å². The third-order valence-electron chi connectivity index (χ3n) is 2.51. The van der Waals surface area contributed by atoms with Gasteiger partial charge in [-0.25, -0.2) is 0 Å². The third kappa shape index (κ3) is 4.86. The molecule has 2 N–H and O–H groups in total. The van der Waals surface area contributed by atoms with Gasteiger partial charge in [0.05, 0.1) is 6.42 Å². The summed E-state index contributed by atoms with van der Waals surface area (Å²) < 4.78 is 0. The van der Waals surface area contributed by atoms with Crippen LogP contribution in [0.1, 0.15) is 18.4 Å². The fourth-order valence-corrected chi connectivity index (χ4v) is 1.42. The van der Waals surface area contributed by atoms with Crippen LogP contribution >= 0.6 is 0 Å². The molecule has 1 aromatic carbocycles. The quantitative estimate of drug-likeness (QED) is 0.796. The van der Waals surface area contributed by atoms with Gasteiger partial charge in [0.1, 0.15) is 0 Å². The van der Waals surface area contributed by atoms with E-state index in [4.69, 9.17) is 5.11 Å². The molecule has 1 rings (SSSR count). The Morgan fingerprint density at radius 1 is 1.17 bits per heavy atom. The van der Waals surface area contributed by atoms with Crippen LogP contribution in [0.5, 0.6) is 0 Å². The molecule has 5 nitrogen and oxygen atoms in total. The fraction of sp³-hybridized carbons (Fsp3) is 0.385. The van der Waals surface area contributed by atoms with Gasteiger partial charge in [-0.15, -0.1) is 0 Å². The van der Waals surface area contributed by atoms with Gasteiger partial charge in [0, 0.05) is 32.7 Å². The molecule has 0 spiro atoms. The average molecular weight is 250 g/mol. The summed E-state index contributed by atoms with van der Waals surface area (Å²) in [6.45, 7) is 0.423. The van der Waals surface area contributed by atoms with E-state index < -0.39 is 5.97 Å². The predicted molar refractivity (Wildman–Crippen MR) is 69.5 cm³/mol. The lowest BCUT2D eigenvalue weighted by atomic mass is 10.2. The zero-order valence-electron chi connectivity index (χ0n) is 10.6. The number of carboxylic acids is 1. The molecule has 0 unspecified atom stereocenters. The molecule has 1 amide bonds. The predicted octanol–water partition coefficient (Wildman–Crippen LogP) is 1.23. The van der Waals surface area contributed by atoms with Gasteiger partial charge in [-0.05, 0) is 17.7 Å². The van der Waals surface area contributed by atoms with Gasteiger partial charge < -0.3 is 15.3 Å². The molecule has 98 valence electrons. The first-order chi connectivity index (χ1) is 8.49. The van der Waals surface area contributed by atoms with E-state index in [1.165, 1.54) is 0 Å². The summed E-state index contributed by atoms with van der Waals surface area (Å²) in [5, 5.41) is 11.1. The van der Waals surface area contributed by atoms with Crippen molar-refractivity contribution in [1.82, 2.24) is 5.32 Å². The molecule has 0 aliphatic heterocycles. The van der Waals surface area contributed by atoms with Crippen molar-refractivity contribution in [1.29, 1.82) is 0 Å². The number of aliphatic carboxylic acids is 1. The summed E-state index contributed by atoms with van der Waals surface area (Å²) in [4.78, 5) is 23.6. The van der Waals surface area contributed by atoms with Crippen molar-refractivity contribution in [3.8, 4) is 0 Å². The third-order valence-corrected chi connectivity index (χ3v) is 2.51. The number of hydrogen-bond donors (Lipinski definition) is 2. The number of rotatable bonds is 6. The number of carbonyl (C=O) groups excluding carboxylic acids is 1. The largest absolute Gasteiger partial charge is 0.481 e. The summed E-state index contributed by atoms with van der Waals surface area (Å²) in [6.07, 6.45) is -0.115. The van der Waals surface area contributed by atoms with E-state index in [0.717, 1.165) is 11.3 Å². The van der Waals surface area contributed by atoms with E-state index in [9.17, 15) is 9.59 Å². The van der Waals surface area contributed by atoms with Crippen molar-refractivity contribution in [2.45, 2.75) is 19.4 Å². The first-order valence-electron chi connectivity index (χ1n) is 5.74. The monoisotopic (exact) mass is 250 g/mol. The topological polar surface area (TPSA) is 69.6 Å². The second kappa shape index (κ2) is 6.64. The molecule has 0 aliphatic rings. The van der Waals surface area contributed by atoms with Crippen molar-refractivity contribution >= 4 is 17.6 Å². The number of anilines is 1. The van der Waals surface area contributed by atoms with Crippen LogP contribution in [0.2, 0.25) is 0 Å². The molecule has 0 heterocycles. The number of carbonyl (C=O) groups is 2. The second-order valence-corrected chi connectivity index (χ2v) is 4.23. The first kappa shape index (κ1) is 14.0. The van der Waals surface area contributed by atoms with Crippen LogP contribution in [0.25, 0.3) is 0 Å². The Hall–Kier alpha value is -2.04. The molecular formula is C13H18N2O3. The van der Waals surface area contributed by atoms with Gasteiger partial charge in [-0.1, -0.05) is 12.1 Å². The number of nitrogens with one attached hydrogen (secondary N) is 1. The van der Waals surface area contributed by atoms with E-state index in [1.807, 2.05) is 43.3 Å². The van der Waals surface area contributed by atoms with Crippen molar-refractivity contribution in [3.63, 3.8) is 0 Å². The van der Waals surface area contributed by atoms with Crippen LogP contribution in [0, 0.1) is 0 Å². The number of nitrogens with zero attached hydrogens (tertiary/aromatic N) is 1. The molecule has 18 heavy (non-hydrogen) atoms. The van der Waals surface area contributed by atoms with Gasteiger partial charge in [-0.2, -0.15) is 0 Å². The zero-order chi connectivity index (χ0) is 13.5. The van der Waals surface area contributed by atoms with E-state index in [1.54, 1.807) is 0 Å². The van der Waals surface area contributed by atoms with Gasteiger partial charge in [0.15, 0.2) is 0 Å². The minimum absolute atomic E-state index is 0.0190. The van der Waals surface area contributed by atoms with E-state index in [0.29, 0.717) is 6.54 Å². The highest BCUT2D eigenvalue weighted by Crippen LogP contribution is 2.11. The van der Waals surface area contributed by atoms with Gasteiger partial charge >= 0.3 is 5.97 Å². The zero-order valence-corrected chi connectivity index (χ0v) is 10.6. The van der Waals surface area contributed by atoms with Gasteiger partial charge in [-0.3, -0.25) is 9.59 Å². The standard InChI is InChI=1S/C13H18N2O3/c1-15(2)11-5-3-10(4-6-11)9-14-12(16)7-8-13(17)18/h3-6H,7-9H2,1-2H3,(H,14,16)(H,17,18). The maximum absolute atomic E-state index is 11.3. The van der Waals surface area contributed by atoms with Gasteiger partial charge in [0.25, 0.3) is 0 Å². The average Bonchev–Trinajstić information content (AvgIpc) is 2.34. The van der Waals surface area contributed by atoms with Crippen LogP contribution in [-0.4, -0.2) is 31.1 Å². The van der Waals surface area contributed by atoms with E-state index >= 15 is 0 Å². The second-order valence-electron chi connectivity index (χ2n) is 4.23. The lowest BCUT2D eigenvalue weighted by Gasteiger charge is -2.12. The molecule has 0 fully saturated rings. The molecule has 0 saturated carbocycles. The number of amides is 1. The minimum atomic E-state index is -0.958. The maximum atomic E-state index is 11.3. The lowest BCUT2D eigenvalue weighted by Crippen LogP contribution is -2.23. The van der Waals surface area contributed by atoms with E-state index in [2.05, 4.69) is 5.32 Å². The van der Waals surface area contributed by atoms with Crippen molar-refractivity contribution in [2.24, 2.45) is 0 Å². The smallest absolute Gasteiger partial charge is 0.303 e. The molecule has 0 aromatic heterocycles. The number of benzene rings is 1. The molecule has 0 saturated heterocycles. The van der Waals surface area contributed by atoms with Crippen LogP contribution in [0.15, 0.2) is 24.3 Å². The Labute approximate surface area is 106 Å². The Bertz CT molecular complexity index is 413. The number of carboxylic acid groups (broad SMARTS) is 1. The highest BCUT2D eigenvalue weighted by atomic mass is 16.4. The van der Waals surface area contributed by atoms with E-state index in [-0.39, 0.29) is 18.7 Å². The Kier molecular flexibility index (Phi) is 5.17. The van der Waals surface area contributed by atoms with Gasteiger partial charge in [0.2, 0.25) is 5.91 Å². The SMILES string of the molecule is CN(C)c1ccc(CNC(=O)CCC(=O)O)cc1. The Morgan fingerprint density at radius 2 is 1.78 bits per heavy atom. The minimum Gasteiger partial charge on any atom is -0.481 e.